The van der Waals surface area contributed by atoms with Crippen molar-refractivity contribution in [1.82, 2.24) is 4.90 Å². The molecule has 1 aliphatic carbocycles. The molecule has 1 saturated heterocycles. The third-order valence-electron chi connectivity index (χ3n) is 2.97. The SMILES string of the molecule is CC(C)N1[C@H](C(=O)[C]2[CH][CH][CH][CH]2)[C@@H]1C. The predicted molar refractivity (Wildman–Crippen MR) is 55.7 cm³/mol. The summed E-state index contributed by atoms with van der Waals surface area (Å²) in [6.45, 7) is 6.38. The van der Waals surface area contributed by atoms with E-state index in [9.17, 15) is 4.79 Å². The average molecular weight is 190 g/mol. The molecule has 0 spiro atoms. The van der Waals surface area contributed by atoms with Gasteiger partial charge in [-0.3, -0.25) is 9.69 Å². The molecule has 2 heteroatoms. The molecule has 1 unspecified atom stereocenters. The van der Waals surface area contributed by atoms with Crippen molar-refractivity contribution >= 4 is 5.78 Å². The van der Waals surface area contributed by atoms with Gasteiger partial charge in [0.15, 0.2) is 5.78 Å². The zero-order chi connectivity index (χ0) is 10.3. The Hall–Kier alpha value is -0.370. The van der Waals surface area contributed by atoms with Crippen LogP contribution in [0.2, 0.25) is 0 Å². The molecule has 3 atom stereocenters. The van der Waals surface area contributed by atoms with Gasteiger partial charge in [0.05, 0.1) is 12.0 Å². The highest BCUT2D eigenvalue weighted by atomic mass is 16.1. The largest absolute Gasteiger partial charge is 0.297 e. The molecule has 2 nitrogen and oxygen atoms in total. The number of carbonyl (C=O) groups excluding carboxylic acids is 1. The number of hydrogen-bond acceptors (Lipinski definition) is 2. The molecule has 1 saturated carbocycles. The second kappa shape index (κ2) is 3.65. The van der Waals surface area contributed by atoms with E-state index in [1.165, 1.54) is 0 Å². The van der Waals surface area contributed by atoms with E-state index in [2.05, 4.69) is 25.7 Å². The molecule has 2 rings (SSSR count). The highest BCUT2D eigenvalue weighted by Gasteiger charge is 2.52. The summed E-state index contributed by atoms with van der Waals surface area (Å²) in [6.07, 6.45) is 7.62. The first-order valence-corrected chi connectivity index (χ1v) is 5.16. The molecule has 0 N–H and O–H groups in total. The quantitative estimate of drug-likeness (QED) is 0.628. The van der Waals surface area contributed by atoms with Gasteiger partial charge in [0.2, 0.25) is 0 Å². The minimum absolute atomic E-state index is 0.123. The van der Waals surface area contributed by atoms with Crippen LogP contribution in [0.25, 0.3) is 0 Å². The van der Waals surface area contributed by atoms with Crippen LogP contribution in [0.1, 0.15) is 20.8 Å². The van der Waals surface area contributed by atoms with E-state index in [0.717, 1.165) is 5.92 Å². The van der Waals surface area contributed by atoms with Gasteiger partial charge in [0.1, 0.15) is 0 Å². The van der Waals surface area contributed by atoms with Crippen LogP contribution in [-0.4, -0.2) is 28.8 Å². The molecule has 0 aromatic rings. The fraction of sp³-hybridized carbons (Fsp3) is 0.500. The first kappa shape index (κ1) is 10.2. The van der Waals surface area contributed by atoms with E-state index in [1.54, 1.807) is 0 Å². The van der Waals surface area contributed by atoms with Crippen molar-refractivity contribution in [2.45, 2.75) is 38.9 Å². The van der Waals surface area contributed by atoms with Crippen LogP contribution < -0.4 is 0 Å². The number of rotatable bonds is 3. The van der Waals surface area contributed by atoms with Crippen LogP contribution in [-0.2, 0) is 4.79 Å². The summed E-state index contributed by atoms with van der Waals surface area (Å²) in [5.74, 6) is 1.13. The van der Waals surface area contributed by atoms with E-state index in [1.807, 2.05) is 25.7 Å². The van der Waals surface area contributed by atoms with E-state index in [4.69, 9.17) is 0 Å². The Bertz CT molecular complexity index is 230. The maximum absolute atomic E-state index is 12.0. The van der Waals surface area contributed by atoms with Crippen molar-refractivity contribution in [2.75, 3.05) is 0 Å². The molecule has 0 amide bonds. The summed E-state index contributed by atoms with van der Waals surface area (Å²) in [5, 5.41) is 0. The molecular formula is C12H16NO. The van der Waals surface area contributed by atoms with Crippen molar-refractivity contribution in [3.8, 4) is 0 Å². The van der Waals surface area contributed by atoms with Crippen molar-refractivity contribution in [2.24, 2.45) is 0 Å². The first-order chi connectivity index (χ1) is 6.63. The molecule has 1 heterocycles. The van der Waals surface area contributed by atoms with Gasteiger partial charge in [-0.2, -0.15) is 0 Å². The van der Waals surface area contributed by atoms with Gasteiger partial charge in [-0.1, -0.05) is 0 Å². The minimum Gasteiger partial charge on any atom is -0.297 e. The van der Waals surface area contributed by atoms with Crippen molar-refractivity contribution < 1.29 is 4.79 Å². The Morgan fingerprint density at radius 3 is 2.36 bits per heavy atom. The van der Waals surface area contributed by atoms with Crippen LogP contribution in [0.5, 0.6) is 0 Å². The summed E-state index contributed by atoms with van der Waals surface area (Å²) in [5.41, 5.74) is 0. The zero-order valence-corrected chi connectivity index (χ0v) is 8.90. The highest BCUT2D eigenvalue weighted by molar-refractivity contribution is 6.03. The van der Waals surface area contributed by atoms with Crippen LogP contribution in [0.15, 0.2) is 0 Å². The maximum Gasteiger partial charge on any atom is 0.159 e. The van der Waals surface area contributed by atoms with Gasteiger partial charge in [0.25, 0.3) is 0 Å². The fourth-order valence-electron chi connectivity index (χ4n) is 2.23. The predicted octanol–water partition coefficient (Wildman–Crippen LogP) is 1.44. The van der Waals surface area contributed by atoms with Crippen molar-refractivity contribution in [3.63, 3.8) is 0 Å². The summed E-state index contributed by atoms with van der Waals surface area (Å²) in [4.78, 5) is 14.2. The number of Topliss-reactive ketones (excluding diaryl/α,β-unsaturated/α-hetero) is 1. The third kappa shape index (κ3) is 1.60. The first-order valence-electron chi connectivity index (χ1n) is 5.16. The molecular weight excluding hydrogens is 174 g/mol. The Morgan fingerprint density at radius 2 is 1.93 bits per heavy atom. The zero-order valence-electron chi connectivity index (χ0n) is 8.90. The summed E-state index contributed by atoms with van der Waals surface area (Å²) < 4.78 is 0. The normalized spacial score (nSPS) is 37.9. The number of nitrogens with zero attached hydrogens (tertiary/aromatic N) is 1. The Morgan fingerprint density at radius 1 is 1.36 bits per heavy atom. The second-order valence-electron chi connectivity index (χ2n) is 4.26. The topological polar surface area (TPSA) is 20.1 Å². The lowest BCUT2D eigenvalue weighted by molar-refractivity contribution is -0.117. The monoisotopic (exact) mass is 190 g/mol. The van der Waals surface area contributed by atoms with Gasteiger partial charge >= 0.3 is 0 Å². The van der Waals surface area contributed by atoms with Gasteiger partial charge in [-0.25, -0.2) is 0 Å². The van der Waals surface area contributed by atoms with Gasteiger partial charge in [-0.15, -0.1) is 0 Å². The minimum atomic E-state index is 0.123. The highest BCUT2D eigenvalue weighted by Crippen LogP contribution is 2.37. The molecule has 14 heavy (non-hydrogen) atoms. The molecule has 1 aliphatic heterocycles. The van der Waals surface area contributed by atoms with Crippen LogP contribution in [0.4, 0.5) is 0 Å². The van der Waals surface area contributed by atoms with E-state index in [-0.39, 0.29) is 11.8 Å². The summed E-state index contributed by atoms with van der Waals surface area (Å²) in [6, 6.07) is 1.00. The maximum atomic E-state index is 12.0. The van der Waals surface area contributed by atoms with Crippen molar-refractivity contribution in [3.05, 3.63) is 31.6 Å². The molecule has 0 aromatic carbocycles. The smallest absolute Gasteiger partial charge is 0.159 e. The standard InChI is InChI=1S/C12H16NO/c1-8(2)13-9(3)11(13)12(14)10-6-4-5-7-10/h4-9,11H,1-3H3/t9-,11-,13?/m0/s1. The Balaban J connectivity index is 1.93. The molecule has 0 bridgehead atoms. The number of hydrogen-bond donors (Lipinski definition) is 0. The van der Waals surface area contributed by atoms with Crippen LogP contribution >= 0.6 is 0 Å². The van der Waals surface area contributed by atoms with Gasteiger partial charge < -0.3 is 0 Å². The van der Waals surface area contributed by atoms with Gasteiger partial charge in [-0.05, 0) is 46.5 Å². The van der Waals surface area contributed by atoms with E-state index in [0.29, 0.717) is 12.1 Å². The average Bonchev–Trinajstić information content (AvgIpc) is 2.64. The Labute approximate surface area is 86.7 Å². The van der Waals surface area contributed by atoms with Crippen LogP contribution in [0.3, 0.4) is 0 Å². The third-order valence-corrected chi connectivity index (χ3v) is 2.97. The van der Waals surface area contributed by atoms with E-state index < -0.39 is 0 Å². The fourth-order valence-corrected chi connectivity index (χ4v) is 2.23. The number of ketones is 1. The molecule has 0 aromatic heterocycles. The van der Waals surface area contributed by atoms with E-state index >= 15 is 0 Å². The Kier molecular flexibility index (Phi) is 2.65. The molecule has 2 fully saturated rings. The van der Waals surface area contributed by atoms with Crippen LogP contribution in [0, 0.1) is 31.6 Å². The van der Waals surface area contributed by atoms with Crippen molar-refractivity contribution in [1.29, 1.82) is 0 Å². The number of carbonyl (C=O) groups is 1. The van der Waals surface area contributed by atoms with Gasteiger partial charge in [0, 0.05) is 12.1 Å². The second-order valence-corrected chi connectivity index (χ2v) is 4.26. The molecule has 5 radical (unpaired) electrons. The molecule has 2 aliphatic rings. The lowest BCUT2D eigenvalue weighted by Crippen LogP contribution is -2.22. The lowest BCUT2D eigenvalue weighted by atomic mass is 9.99. The summed E-state index contributed by atoms with van der Waals surface area (Å²) in [7, 11) is 0. The lowest BCUT2D eigenvalue weighted by Gasteiger charge is -2.09. The summed E-state index contributed by atoms with van der Waals surface area (Å²) >= 11 is 0. The molecule has 75 valence electrons.